The molecule has 0 atom stereocenters. The van der Waals surface area contributed by atoms with E-state index in [0.29, 0.717) is 40.0 Å². The van der Waals surface area contributed by atoms with Crippen LogP contribution in [0.15, 0.2) is 97.2 Å². The molecule has 1 fully saturated rings. The second-order valence-electron chi connectivity index (χ2n) is 12.9. The van der Waals surface area contributed by atoms with Crippen LogP contribution in [0.2, 0.25) is 10.0 Å². The van der Waals surface area contributed by atoms with Gasteiger partial charge in [-0.2, -0.15) is 8.42 Å². The van der Waals surface area contributed by atoms with Crippen molar-refractivity contribution >= 4 is 56.8 Å². The van der Waals surface area contributed by atoms with E-state index in [1.54, 1.807) is 41.3 Å². The fraction of sp³-hybridized carbons (Fsp3) is 0.237. The van der Waals surface area contributed by atoms with Crippen LogP contribution < -0.4 is 13.9 Å². The Morgan fingerprint density at radius 3 is 2.10 bits per heavy atom. The van der Waals surface area contributed by atoms with Crippen molar-refractivity contribution in [2.45, 2.75) is 40.2 Å². The Bertz CT molecular complexity index is 2170. The molecule has 2 amide bonds. The molecule has 0 bridgehead atoms. The lowest BCUT2D eigenvalue weighted by molar-refractivity contribution is -0.117. The molecular formula is C38H37Cl2N5O5S. The van der Waals surface area contributed by atoms with Crippen molar-refractivity contribution in [1.29, 1.82) is 0 Å². The normalized spacial score (nSPS) is 13.9. The van der Waals surface area contributed by atoms with Crippen LogP contribution in [0.25, 0.3) is 28.1 Å². The van der Waals surface area contributed by atoms with Crippen LogP contribution in [-0.4, -0.2) is 49.2 Å². The Hall–Kier alpha value is -4.84. The lowest BCUT2D eigenvalue weighted by Crippen LogP contribution is -2.36. The SMILES string of the molecule is CC(C)CN(C(=O)OC(C)C)c1ccc(-c2ccc(Cc3nc(-c4ccc(Cl)cc4Cl)cn3-c3ccc(N4CC(=O)NS4(=O)=O)cc3)cc2)cc1. The number of benzene rings is 4. The maximum atomic E-state index is 12.8. The van der Waals surface area contributed by atoms with Crippen molar-refractivity contribution in [3.05, 3.63) is 119 Å². The molecule has 2 heterocycles. The van der Waals surface area contributed by atoms with Crippen molar-refractivity contribution in [3.63, 3.8) is 0 Å². The topological polar surface area (TPSA) is 114 Å². The number of hydrogen-bond donors (Lipinski definition) is 1. The highest BCUT2D eigenvalue weighted by atomic mass is 35.5. The number of hydrogen-bond acceptors (Lipinski definition) is 6. The second kappa shape index (κ2) is 14.8. The van der Waals surface area contributed by atoms with Gasteiger partial charge in [0, 0.05) is 41.1 Å². The van der Waals surface area contributed by atoms with Crippen molar-refractivity contribution in [2.75, 3.05) is 22.3 Å². The molecule has 1 aliphatic rings. The van der Waals surface area contributed by atoms with E-state index in [2.05, 4.69) is 13.8 Å². The summed E-state index contributed by atoms with van der Waals surface area (Å²) in [7, 11) is -3.93. The summed E-state index contributed by atoms with van der Waals surface area (Å²) >= 11 is 12.7. The summed E-state index contributed by atoms with van der Waals surface area (Å²) in [6.07, 6.45) is 1.79. The van der Waals surface area contributed by atoms with Gasteiger partial charge in [0.25, 0.3) is 5.91 Å². The van der Waals surface area contributed by atoms with Gasteiger partial charge in [-0.15, -0.1) is 0 Å². The van der Waals surface area contributed by atoms with Crippen LogP contribution in [0.1, 0.15) is 39.1 Å². The van der Waals surface area contributed by atoms with E-state index >= 15 is 0 Å². The molecule has 0 spiro atoms. The number of carbonyl (C=O) groups excluding carboxylic acids is 2. The van der Waals surface area contributed by atoms with Crippen molar-refractivity contribution < 1.29 is 22.7 Å². The number of amides is 2. The summed E-state index contributed by atoms with van der Waals surface area (Å²) < 4.78 is 35.2. The first-order valence-electron chi connectivity index (χ1n) is 16.4. The minimum atomic E-state index is -3.93. The Balaban J connectivity index is 1.27. The van der Waals surface area contributed by atoms with E-state index < -0.39 is 16.1 Å². The van der Waals surface area contributed by atoms with Gasteiger partial charge >= 0.3 is 16.3 Å². The van der Waals surface area contributed by atoms with Gasteiger partial charge < -0.3 is 9.30 Å². The zero-order chi connectivity index (χ0) is 36.4. The molecule has 0 saturated carbocycles. The number of halogens is 2. The van der Waals surface area contributed by atoms with Crippen LogP contribution in [0.3, 0.4) is 0 Å². The van der Waals surface area contributed by atoms with Gasteiger partial charge in [-0.1, -0.05) is 73.4 Å². The monoisotopic (exact) mass is 745 g/mol. The highest BCUT2D eigenvalue weighted by Gasteiger charge is 2.34. The predicted octanol–water partition coefficient (Wildman–Crippen LogP) is 8.29. The van der Waals surface area contributed by atoms with Crippen molar-refractivity contribution in [3.8, 4) is 28.1 Å². The highest BCUT2D eigenvalue weighted by molar-refractivity contribution is 7.92. The first-order valence-corrected chi connectivity index (χ1v) is 18.6. The number of rotatable bonds is 10. The Labute approximate surface area is 307 Å². The molecule has 264 valence electrons. The lowest BCUT2D eigenvalue weighted by atomic mass is 10.0. The molecule has 0 unspecified atom stereocenters. The number of nitrogens with one attached hydrogen (secondary N) is 1. The average molecular weight is 747 g/mol. The molecule has 5 aromatic rings. The van der Waals surface area contributed by atoms with E-state index in [1.807, 2.05) is 83.9 Å². The molecule has 1 N–H and O–H groups in total. The van der Waals surface area contributed by atoms with Gasteiger partial charge in [-0.25, -0.2) is 18.8 Å². The van der Waals surface area contributed by atoms with Gasteiger partial charge in [0.05, 0.1) is 22.5 Å². The average Bonchev–Trinajstić information content (AvgIpc) is 3.61. The van der Waals surface area contributed by atoms with Crippen LogP contribution in [-0.2, 0) is 26.2 Å². The fourth-order valence-electron chi connectivity index (χ4n) is 5.80. The second-order valence-corrected chi connectivity index (χ2v) is 15.4. The molecule has 1 aromatic heterocycles. The standard InChI is InChI=1S/C38H37Cl2N5O5S/c1-24(2)21-44(38(47)50-25(3)4)31-12-9-28(10-13-31)27-7-5-26(6-8-27)19-36-41-35(33-18-11-29(39)20-34(33)40)22-43(36)30-14-16-32(17-15-30)45-23-37(46)42-51(45,48)49/h5-18,20,22,24-25H,19,21,23H2,1-4H3,(H,42,46). The van der Waals surface area contributed by atoms with E-state index in [-0.39, 0.29) is 24.7 Å². The third-order valence-electron chi connectivity index (χ3n) is 8.16. The third-order valence-corrected chi connectivity index (χ3v) is 10.1. The lowest BCUT2D eigenvalue weighted by Gasteiger charge is -2.25. The molecule has 4 aromatic carbocycles. The van der Waals surface area contributed by atoms with Crippen molar-refractivity contribution in [1.82, 2.24) is 14.3 Å². The number of ether oxygens (including phenoxy) is 1. The zero-order valence-electron chi connectivity index (χ0n) is 28.5. The molecule has 0 aliphatic carbocycles. The molecule has 13 heteroatoms. The quantitative estimate of drug-likeness (QED) is 0.154. The summed E-state index contributed by atoms with van der Waals surface area (Å²) in [5, 5.41) is 0.977. The Morgan fingerprint density at radius 2 is 1.53 bits per heavy atom. The highest BCUT2D eigenvalue weighted by Crippen LogP contribution is 2.32. The predicted molar refractivity (Wildman–Crippen MR) is 202 cm³/mol. The van der Waals surface area contributed by atoms with Gasteiger partial charge in [0.2, 0.25) is 0 Å². The molecular weight excluding hydrogens is 709 g/mol. The molecule has 10 nitrogen and oxygen atoms in total. The van der Waals surface area contributed by atoms with E-state index in [4.69, 9.17) is 32.9 Å². The maximum Gasteiger partial charge on any atom is 0.414 e. The van der Waals surface area contributed by atoms with Gasteiger partial charge in [-0.3, -0.25) is 9.69 Å². The van der Waals surface area contributed by atoms with Crippen LogP contribution >= 0.6 is 23.2 Å². The molecule has 1 saturated heterocycles. The van der Waals surface area contributed by atoms with Gasteiger partial charge in [0.1, 0.15) is 12.4 Å². The first kappa shape index (κ1) is 36.0. The van der Waals surface area contributed by atoms with E-state index in [0.717, 1.165) is 38.2 Å². The van der Waals surface area contributed by atoms with Crippen LogP contribution in [0, 0.1) is 5.92 Å². The summed E-state index contributed by atoms with van der Waals surface area (Å²) in [5.41, 5.74) is 6.29. The largest absolute Gasteiger partial charge is 0.446 e. The number of carbonyl (C=O) groups is 2. The molecule has 51 heavy (non-hydrogen) atoms. The molecule has 1 aliphatic heterocycles. The smallest absolute Gasteiger partial charge is 0.414 e. The minimum Gasteiger partial charge on any atom is -0.446 e. The Kier molecular flexibility index (Phi) is 10.4. The molecule has 0 radical (unpaired) electrons. The summed E-state index contributed by atoms with van der Waals surface area (Å²) in [5.74, 6) is 0.412. The van der Waals surface area contributed by atoms with Crippen LogP contribution in [0.5, 0.6) is 0 Å². The fourth-order valence-corrected chi connectivity index (χ4v) is 7.45. The van der Waals surface area contributed by atoms with Crippen molar-refractivity contribution in [2.24, 2.45) is 5.92 Å². The zero-order valence-corrected chi connectivity index (χ0v) is 30.8. The molecule has 6 rings (SSSR count). The summed E-state index contributed by atoms with van der Waals surface area (Å²) in [6, 6.07) is 28.2. The number of aromatic nitrogens is 2. The van der Waals surface area contributed by atoms with E-state index in [9.17, 15) is 18.0 Å². The summed E-state index contributed by atoms with van der Waals surface area (Å²) in [4.78, 5) is 31.2. The summed E-state index contributed by atoms with van der Waals surface area (Å²) in [6.45, 7) is 8.07. The third kappa shape index (κ3) is 8.22. The first-order chi connectivity index (χ1) is 24.3. The number of imidazole rings is 1. The Morgan fingerprint density at radius 1 is 0.902 bits per heavy atom. The van der Waals surface area contributed by atoms with Crippen LogP contribution in [0.4, 0.5) is 16.2 Å². The van der Waals surface area contributed by atoms with Gasteiger partial charge in [0.15, 0.2) is 0 Å². The van der Waals surface area contributed by atoms with E-state index in [1.165, 1.54) is 0 Å². The van der Waals surface area contributed by atoms with Gasteiger partial charge in [-0.05, 0) is 91.1 Å². The maximum absolute atomic E-state index is 12.8. The minimum absolute atomic E-state index is 0.211. The number of nitrogens with zero attached hydrogens (tertiary/aromatic N) is 4. The number of anilines is 2.